The zero-order chi connectivity index (χ0) is 20.7. The molecule has 4 nitrogen and oxygen atoms in total. The van der Waals surface area contributed by atoms with Crippen molar-refractivity contribution in [1.29, 1.82) is 0 Å². The first-order valence-corrected chi connectivity index (χ1v) is 10.0. The van der Waals surface area contributed by atoms with E-state index in [1.165, 1.54) is 6.07 Å². The van der Waals surface area contributed by atoms with Crippen LogP contribution >= 0.6 is 23.2 Å². The number of fused-ring (bicyclic) bond motifs is 1. The van der Waals surface area contributed by atoms with Gasteiger partial charge >= 0.3 is 0 Å². The van der Waals surface area contributed by atoms with Gasteiger partial charge in [-0.2, -0.15) is 4.57 Å². The zero-order valence-electron chi connectivity index (χ0n) is 15.6. The molecule has 3 aromatic heterocycles. The van der Waals surface area contributed by atoms with E-state index < -0.39 is 0 Å². The van der Waals surface area contributed by atoms with E-state index in [-0.39, 0.29) is 5.82 Å². The lowest BCUT2D eigenvalue weighted by molar-refractivity contribution is -0.688. The fourth-order valence-corrected chi connectivity index (χ4v) is 3.87. The molecule has 0 unspecified atom stereocenters. The molecular formula is C23H15Cl2FN3O+. The number of benzene rings is 2. The molecule has 5 aromatic rings. The van der Waals surface area contributed by atoms with Crippen molar-refractivity contribution in [1.82, 2.24) is 10.1 Å². The molecule has 0 radical (unpaired) electrons. The highest BCUT2D eigenvalue weighted by atomic mass is 35.5. The molecule has 7 heteroatoms. The standard InChI is InChI=1S/C23H14Cl2FN3O/c24-15-7-5-14(6-8-15)20-11-16(30-28-20)12-29-10-9-18-21(13-29)27-23(22(18)25)17-3-1-2-4-19(17)26/h1-11,13H,12H2/p+1. The van der Waals surface area contributed by atoms with Gasteiger partial charge in [0.1, 0.15) is 17.0 Å². The molecule has 0 saturated heterocycles. The highest BCUT2D eigenvalue weighted by molar-refractivity contribution is 6.38. The van der Waals surface area contributed by atoms with Crippen molar-refractivity contribution in [3.8, 4) is 22.5 Å². The van der Waals surface area contributed by atoms with Crippen molar-refractivity contribution in [3.63, 3.8) is 0 Å². The predicted octanol–water partition coefficient (Wildman–Crippen LogP) is 6.27. The summed E-state index contributed by atoms with van der Waals surface area (Å²) < 4.78 is 21.6. The minimum absolute atomic E-state index is 0.324. The van der Waals surface area contributed by atoms with Gasteiger partial charge in [-0.15, -0.1) is 0 Å². The smallest absolute Gasteiger partial charge is 0.208 e. The van der Waals surface area contributed by atoms with Gasteiger partial charge in [-0.25, -0.2) is 4.39 Å². The van der Waals surface area contributed by atoms with Gasteiger partial charge in [0.05, 0.1) is 10.7 Å². The number of hydrogen-bond acceptors (Lipinski definition) is 2. The van der Waals surface area contributed by atoms with Crippen LogP contribution in [-0.2, 0) is 6.54 Å². The van der Waals surface area contributed by atoms with Crippen LogP contribution in [0.4, 0.5) is 4.39 Å². The van der Waals surface area contributed by atoms with Crippen LogP contribution in [0.2, 0.25) is 10.0 Å². The van der Waals surface area contributed by atoms with E-state index in [2.05, 4.69) is 10.1 Å². The number of hydrogen-bond donors (Lipinski definition) is 1. The van der Waals surface area contributed by atoms with Gasteiger partial charge in [-0.1, -0.05) is 52.6 Å². The van der Waals surface area contributed by atoms with Crippen molar-refractivity contribution < 1.29 is 13.5 Å². The number of pyridine rings is 1. The molecule has 30 heavy (non-hydrogen) atoms. The molecule has 0 bridgehead atoms. The van der Waals surface area contributed by atoms with E-state index in [0.29, 0.717) is 33.6 Å². The lowest BCUT2D eigenvalue weighted by atomic mass is 10.1. The molecule has 0 fully saturated rings. The van der Waals surface area contributed by atoms with Gasteiger partial charge in [0.2, 0.25) is 12.3 Å². The Morgan fingerprint density at radius 3 is 2.63 bits per heavy atom. The monoisotopic (exact) mass is 438 g/mol. The summed E-state index contributed by atoms with van der Waals surface area (Å²) in [6.07, 6.45) is 3.81. The summed E-state index contributed by atoms with van der Waals surface area (Å²) in [5, 5.41) is 6.13. The van der Waals surface area contributed by atoms with Gasteiger partial charge in [0.25, 0.3) is 0 Å². The second-order valence-electron chi connectivity index (χ2n) is 6.92. The Labute approximate surface area is 181 Å². The molecule has 3 heterocycles. The number of nitrogens with one attached hydrogen (secondary N) is 1. The minimum atomic E-state index is -0.324. The molecule has 0 spiro atoms. The number of aromatic nitrogens is 3. The van der Waals surface area contributed by atoms with Gasteiger partial charge in [0.15, 0.2) is 12.4 Å². The van der Waals surface area contributed by atoms with Crippen LogP contribution in [0.25, 0.3) is 33.4 Å². The van der Waals surface area contributed by atoms with E-state index >= 15 is 0 Å². The summed E-state index contributed by atoms with van der Waals surface area (Å²) in [6, 6.07) is 17.8. The van der Waals surface area contributed by atoms with Crippen molar-refractivity contribution in [2.24, 2.45) is 0 Å². The normalized spacial score (nSPS) is 11.3. The van der Waals surface area contributed by atoms with Crippen LogP contribution in [0.15, 0.2) is 77.6 Å². The molecule has 0 aliphatic rings. The van der Waals surface area contributed by atoms with Crippen LogP contribution in [0.3, 0.4) is 0 Å². The van der Waals surface area contributed by atoms with Gasteiger partial charge in [0, 0.05) is 33.7 Å². The van der Waals surface area contributed by atoms with Crippen molar-refractivity contribution in [3.05, 3.63) is 94.7 Å². The number of halogens is 3. The molecular weight excluding hydrogens is 424 g/mol. The predicted molar refractivity (Wildman–Crippen MR) is 115 cm³/mol. The van der Waals surface area contributed by atoms with E-state index in [0.717, 1.165) is 22.2 Å². The highest BCUT2D eigenvalue weighted by Crippen LogP contribution is 2.34. The lowest BCUT2D eigenvalue weighted by Gasteiger charge is -2.00. The Kier molecular flexibility index (Phi) is 4.77. The number of nitrogens with zero attached hydrogens (tertiary/aromatic N) is 2. The summed E-state index contributed by atoms with van der Waals surface area (Å²) >= 11 is 12.5. The first-order chi connectivity index (χ1) is 14.6. The third-order valence-electron chi connectivity index (χ3n) is 4.91. The quantitative estimate of drug-likeness (QED) is 0.336. The van der Waals surface area contributed by atoms with E-state index in [9.17, 15) is 4.39 Å². The average Bonchev–Trinajstić information content (AvgIpc) is 3.34. The van der Waals surface area contributed by atoms with E-state index in [1.807, 2.05) is 53.4 Å². The second-order valence-corrected chi connectivity index (χ2v) is 7.74. The van der Waals surface area contributed by atoms with Gasteiger partial charge in [-0.3, -0.25) is 0 Å². The molecule has 0 atom stereocenters. The Hall–Kier alpha value is -3.15. The second kappa shape index (κ2) is 7.59. The summed E-state index contributed by atoms with van der Waals surface area (Å²) in [5.41, 5.74) is 3.48. The molecule has 0 saturated carbocycles. The highest BCUT2D eigenvalue weighted by Gasteiger charge is 2.18. The Bertz CT molecular complexity index is 1360. The van der Waals surface area contributed by atoms with E-state index in [4.69, 9.17) is 27.7 Å². The van der Waals surface area contributed by atoms with Crippen LogP contribution in [-0.4, -0.2) is 10.1 Å². The Balaban J connectivity index is 1.45. The van der Waals surface area contributed by atoms with E-state index in [1.54, 1.807) is 18.2 Å². The summed E-state index contributed by atoms with van der Waals surface area (Å²) in [5.74, 6) is 0.381. The summed E-state index contributed by atoms with van der Waals surface area (Å²) in [6.45, 7) is 0.488. The third-order valence-corrected chi connectivity index (χ3v) is 5.56. The number of H-pyrrole nitrogens is 1. The average molecular weight is 439 g/mol. The SMILES string of the molecule is Fc1ccccc1-c1[nH]c2c[n+](Cc3cc(-c4ccc(Cl)cc4)no3)ccc2c1Cl. The maximum Gasteiger partial charge on any atom is 0.208 e. The zero-order valence-corrected chi connectivity index (χ0v) is 17.1. The molecule has 5 rings (SSSR count). The fraction of sp³-hybridized carbons (Fsp3) is 0.0435. The lowest BCUT2D eigenvalue weighted by Crippen LogP contribution is -2.32. The molecule has 2 aromatic carbocycles. The summed E-state index contributed by atoms with van der Waals surface area (Å²) in [7, 11) is 0. The van der Waals surface area contributed by atoms with Crippen LogP contribution in [0, 0.1) is 5.82 Å². The number of aromatic amines is 1. The van der Waals surface area contributed by atoms with Crippen molar-refractivity contribution in [2.75, 3.05) is 0 Å². The molecule has 0 aliphatic carbocycles. The first kappa shape index (κ1) is 18.9. The van der Waals surface area contributed by atoms with Gasteiger partial charge < -0.3 is 9.51 Å². The first-order valence-electron chi connectivity index (χ1n) is 9.25. The maximum absolute atomic E-state index is 14.2. The van der Waals surface area contributed by atoms with Crippen LogP contribution < -0.4 is 4.57 Å². The third kappa shape index (κ3) is 3.47. The Morgan fingerprint density at radius 1 is 1.03 bits per heavy atom. The number of rotatable bonds is 4. The Morgan fingerprint density at radius 2 is 1.83 bits per heavy atom. The van der Waals surface area contributed by atoms with Crippen molar-refractivity contribution in [2.45, 2.75) is 6.54 Å². The molecule has 0 amide bonds. The van der Waals surface area contributed by atoms with Gasteiger partial charge in [-0.05, 0) is 24.3 Å². The molecule has 1 N–H and O–H groups in total. The minimum Gasteiger partial charge on any atom is -0.354 e. The molecule has 0 aliphatic heterocycles. The van der Waals surface area contributed by atoms with Crippen molar-refractivity contribution >= 4 is 34.1 Å². The summed E-state index contributed by atoms with van der Waals surface area (Å²) in [4.78, 5) is 3.23. The maximum atomic E-state index is 14.2. The van der Waals surface area contributed by atoms with Crippen LogP contribution in [0.5, 0.6) is 0 Å². The van der Waals surface area contributed by atoms with Crippen LogP contribution in [0.1, 0.15) is 5.76 Å². The topological polar surface area (TPSA) is 45.7 Å². The largest absolute Gasteiger partial charge is 0.354 e. The fourth-order valence-electron chi connectivity index (χ4n) is 3.43. The molecule has 148 valence electrons.